The fraction of sp³-hybridized carbons (Fsp3) is 1.00. The first-order chi connectivity index (χ1) is 4.43. The summed E-state index contributed by atoms with van der Waals surface area (Å²) in [5, 5.41) is 6.85. The molecule has 1 saturated heterocycles. The molecule has 2 fully saturated rings. The Morgan fingerprint density at radius 1 is 1.44 bits per heavy atom. The molecule has 2 atom stereocenters. The van der Waals surface area contributed by atoms with E-state index >= 15 is 0 Å². The number of rotatable bonds is 2. The highest BCUT2D eigenvalue weighted by molar-refractivity contribution is 5.08. The molecule has 0 bridgehead atoms. The SMILES string of the molecule is CCNC1C2CNCC21. The van der Waals surface area contributed by atoms with Crippen LogP contribution in [0.5, 0.6) is 0 Å². The number of hydrogen-bond donors (Lipinski definition) is 2. The van der Waals surface area contributed by atoms with E-state index in [9.17, 15) is 0 Å². The molecule has 0 aromatic carbocycles. The maximum atomic E-state index is 3.48. The largest absolute Gasteiger partial charge is 0.316 e. The van der Waals surface area contributed by atoms with E-state index in [-0.39, 0.29) is 0 Å². The van der Waals surface area contributed by atoms with Gasteiger partial charge in [0.1, 0.15) is 0 Å². The molecule has 2 rings (SSSR count). The molecule has 52 valence electrons. The van der Waals surface area contributed by atoms with E-state index in [0.29, 0.717) is 0 Å². The lowest BCUT2D eigenvalue weighted by Crippen LogP contribution is -2.27. The molecule has 1 heterocycles. The Hall–Kier alpha value is -0.0800. The molecule has 0 spiro atoms. The van der Waals surface area contributed by atoms with Crippen LogP contribution in [-0.2, 0) is 0 Å². The van der Waals surface area contributed by atoms with Crippen LogP contribution in [0, 0.1) is 11.8 Å². The zero-order valence-electron chi connectivity index (χ0n) is 5.85. The Bertz CT molecular complexity index is 103. The van der Waals surface area contributed by atoms with Gasteiger partial charge in [0.05, 0.1) is 0 Å². The lowest BCUT2D eigenvalue weighted by molar-refractivity contribution is 0.582. The van der Waals surface area contributed by atoms with E-state index in [0.717, 1.165) is 24.4 Å². The van der Waals surface area contributed by atoms with Crippen molar-refractivity contribution in [1.82, 2.24) is 10.6 Å². The highest BCUT2D eigenvalue weighted by atomic mass is 15.1. The van der Waals surface area contributed by atoms with Gasteiger partial charge < -0.3 is 10.6 Å². The maximum Gasteiger partial charge on any atom is 0.0155 e. The summed E-state index contributed by atoms with van der Waals surface area (Å²) in [6.45, 7) is 5.82. The van der Waals surface area contributed by atoms with Gasteiger partial charge in [0.25, 0.3) is 0 Å². The van der Waals surface area contributed by atoms with Crippen molar-refractivity contribution in [3.05, 3.63) is 0 Å². The summed E-state index contributed by atoms with van der Waals surface area (Å²) in [6.07, 6.45) is 0. The molecule has 0 aromatic heterocycles. The van der Waals surface area contributed by atoms with Gasteiger partial charge in [-0.15, -0.1) is 0 Å². The molecule has 2 aliphatic rings. The van der Waals surface area contributed by atoms with Crippen molar-refractivity contribution in [2.24, 2.45) is 11.8 Å². The van der Waals surface area contributed by atoms with Crippen LogP contribution < -0.4 is 10.6 Å². The lowest BCUT2D eigenvalue weighted by Gasteiger charge is -2.02. The van der Waals surface area contributed by atoms with E-state index in [4.69, 9.17) is 0 Å². The molecule has 9 heavy (non-hydrogen) atoms. The molecule has 2 N–H and O–H groups in total. The van der Waals surface area contributed by atoms with Crippen molar-refractivity contribution in [3.8, 4) is 0 Å². The first-order valence-electron chi connectivity index (χ1n) is 3.87. The fourth-order valence-corrected chi connectivity index (χ4v) is 1.96. The molecule has 2 heteroatoms. The van der Waals surface area contributed by atoms with E-state index in [1.165, 1.54) is 13.1 Å². The zero-order valence-corrected chi connectivity index (χ0v) is 5.85. The second kappa shape index (κ2) is 1.96. The molecular weight excluding hydrogens is 112 g/mol. The Morgan fingerprint density at radius 3 is 2.67 bits per heavy atom. The third kappa shape index (κ3) is 0.775. The van der Waals surface area contributed by atoms with Crippen LogP contribution in [0.1, 0.15) is 6.92 Å². The molecule has 1 aliphatic carbocycles. The first-order valence-corrected chi connectivity index (χ1v) is 3.87. The van der Waals surface area contributed by atoms with Gasteiger partial charge in [-0.3, -0.25) is 0 Å². The van der Waals surface area contributed by atoms with Gasteiger partial charge in [-0.05, 0) is 31.5 Å². The van der Waals surface area contributed by atoms with Crippen molar-refractivity contribution < 1.29 is 0 Å². The highest BCUT2D eigenvalue weighted by Gasteiger charge is 2.52. The minimum absolute atomic E-state index is 0.872. The Morgan fingerprint density at radius 2 is 2.11 bits per heavy atom. The summed E-state index contributed by atoms with van der Waals surface area (Å²) in [7, 11) is 0. The Balaban J connectivity index is 1.81. The fourth-order valence-electron chi connectivity index (χ4n) is 1.96. The van der Waals surface area contributed by atoms with Crippen LogP contribution in [0.4, 0.5) is 0 Å². The monoisotopic (exact) mass is 126 g/mol. The van der Waals surface area contributed by atoms with Crippen molar-refractivity contribution in [3.63, 3.8) is 0 Å². The van der Waals surface area contributed by atoms with Gasteiger partial charge in [-0.1, -0.05) is 6.92 Å². The molecule has 1 saturated carbocycles. The predicted octanol–water partition coefficient (Wildman–Crippen LogP) is -0.186. The standard InChI is InChI=1S/C7H14N2/c1-2-9-7-5-3-8-4-6(5)7/h5-9H,2-4H2,1H3. The molecular formula is C7H14N2. The number of piperidine rings is 1. The summed E-state index contributed by atoms with van der Waals surface area (Å²) < 4.78 is 0. The molecule has 1 aliphatic heterocycles. The van der Waals surface area contributed by atoms with Crippen LogP contribution in [0.3, 0.4) is 0 Å². The molecule has 2 unspecified atom stereocenters. The number of hydrogen-bond acceptors (Lipinski definition) is 2. The second-order valence-electron chi connectivity index (χ2n) is 3.07. The van der Waals surface area contributed by atoms with Crippen molar-refractivity contribution >= 4 is 0 Å². The molecule has 0 aromatic rings. The van der Waals surface area contributed by atoms with Crippen molar-refractivity contribution in [2.75, 3.05) is 19.6 Å². The molecule has 2 nitrogen and oxygen atoms in total. The smallest absolute Gasteiger partial charge is 0.0155 e. The van der Waals surface area contributed by atoms with Crippen LogP contribution in [0.15, 0.2) is 0 Å². The Kier molecular flexibility index (Phi) is 1.24. The third-order valence-corrected chi connectivity index (χ3v) is 2.53. The summed E-state index contributed by atoms with van der Waals surface area (Å²) in [5.74, 6) is 1.95. The topological polar surface area (TPSA) is 24.1 Å². The second-order valence-corrected chi connectivity index (χ2v) is 3.07. The van der Waals surface area contributed by atoms with Crippen LogP contribution in [-0.4, -0.2) is 25.7 Å². The van der Waals surface area contributed by atoms with E-state index in [2.05, 4.69) is 17.6 Å². The zero-order chi connectivity index (χ0) is 6.27. The Labute approximate surface area is 56.0 Å². The van der Waals surface area contributed by atoms with Gasteiger partial charge >= 0.3 is 0 Å². The van der Waals surface area contributed by atoms with Crippen LogP contribution in [0.2, 0.25) is 0 Å². The summed E-state index contributed by atoms with van der Waals surface area (Å²) in [6, 6.07) is 0.872. The van der Waals surface area contributed by atoms with E-state index in [1.54, 1.807) is 0 Å². The predicted molar refractivity (Wildman–Crippen MR) is 37.3 cm³/mol. The third-order valence-electron chi connectivity index (χ3n) is 2.53. The normalized spacial score (nSPS) is 47.0. The average Bonchev–Trinajstić information content (AvgIpc) is 2.39. The molecule has 0 amide bonds. The van der Waals surface area contributed by atoms with Crippen LogP contribution >= 0.6 is 0 Å². The van der Waals surface area contributed by atoms with Gasteiger partial charge in [0.15, 0.2) is 0 Å². The summed E-state index contributed by atoms with van der Waals surface area (Å²) >= 11 is 0. The minimum atomic E-state index is 0.872. The minimum Gasteiger partial charge on any atom is -0.316 e. The number of fused-ring (bicyclic) bond motifs is 1. The van der Waals surface area contributed by atoms with Gasteiger partial charge in [0.2, 0.25) is 0 Å². The first kappa shape index (κ1) is 5.69. The summed E-state index contributed by atoms with van der Waals surface area (Å²) in [4.78, 5) is 0. The van der Waals surface area contributed by atoms with Crippen molar-refractivity contribution in [1.29, 1.82) is 0 Å². The van der Waals surface area contributed by atoms with E-state index in [1.807, 2.05) is 0 Å². The molecule has 0 radical (unpaired) electrons. The van der Waals surface area contributed by atoms with Crippen molar-refractivity contribution in [2.45, 2.75) is 13.0 Å². The van der Waals surface area contributed by atoms with Gasteiger partial charge in [-0.25, -0.2) is 0 Å². The van der Waals surface area contributed by atoms with Gasteiger partial charge in [-0.2, -0.15) is 0 Å². The number of nitrogens with one attached hydrogen (secondary N) is 2. The maximum absolute atomic E-state index is 3.48. The van der Waals surface area contributed by atoms with Gasteiger partial charge in [0, 0.05) is 6.04 Å². The van der Waals surface area contributed by atoms with Crippen LogP contribution in [0.25, 0.3) is 0 Å². The summed E-state index contributed by atoms with van der Waals surface area (Å²) in [5.41, 5.74) is 0. The average molecular weight is 126 g/mol. The van der Waals surface area contributed by atoms with E-state index < -0.39 is 0 Å². The highest BCUT2D eigenvalue weighted by Crippen LogP contribution is 2.41. The lowest BCUT2D eigenvalue weighted by atomic mass is 10.4. The quantitative estimate of drug-likeness (QED) is 0.536.